The third-order valence-corrected chi connectivity index (χ3v) is 7.93. The number of nitrogens with zero attached hydrogens (tertiary/aromatic N) is 1. The Kier molecular flexibility index (Phi) is 6.28. The van der Waals surface area contributed by atoms with Crippen molar-refractivity contribution in [3.8, 4) is 0 Å². The van der Waals surface area contributed by atoms with E-state index in [2.05, 4.69) is 15.6 Å². The third-order valence-electron chi connectivity index (χ3n) is 7.58. The van der Waals surface area contributed by atoms with E-state index in [4.69, 9.17) is 11.6 Å². The number of amides is 4. The first kappa shape index (κ1) is 23.4. The number of fused-ring (bicyclic) bond motifs is 1. The number of imide groups is 1. The summed E-state index contributed by atoms with van der Waals surface area (Å²) in [7, 11) is 0. The molecule has 0 unspecified atom stereocenters. The summed E-state index contributed by atoms with van der Waals surface area (Å²) >= 11 is 6.55. The highest BCUT2D eigenvalue weighted by Gasteiger charge is 2.55. The van der Waals surface area contributed by atoms with Crippen LogP contribution >= 0.6 is 11.6 Å². The van der Waals surface area contributed by atoms with Crippen molar-refractivity contribution in [1.82, 2.24) is 20.5 Å². The first-order valence-corrected chi connectivity index (χ1v) is 12.5. The Hall–Kier alpha value is -3.32. The smallest absolute Gasteiger partial charge is 0.325 e. The number of nitrogens with one attached hydrogen (secondary N) is 3. The average Bonchev–Trinajstić information content (AvgIpc) is 3.38. The second-order valence-electron chi connectivity index (χ2n) is 9.61. The van der Waals surface area contributed by atoms with Crippen LogP contribution in [0.1, 0.15) is 49.7 Å². The van der Waals surface area contributed by atoms with Crippen molar-refractivity contribution in [1.29, 1.82) is 0 Å². The van der Waals surface area contributed by atoms with Gasteiger partial charge in [0, 0.05) is 34.6 Å². The lowest BCUT2D eigenvalue weighted by Gasteiger charge is -2.36. The number of aromatic amines is 1. The summed E-state index contributed by atoms with van der Waals surface area (Å²) in [6.07, 6.45) is 5.38. The highest BCUT2D eigenvalue weighted by molar-refractivity contribution is 6.31. The quantitative estimate of drug-likeness (QED) is 0.440. The van der Waals surface area contributed by atoms with Gasteiger partial charge < -0.3 is 15.6 Å². The van der Waals surface area contributed by atoms with Gasteiger partial charge in [0.15, 0.2) is 0 Å². The standard InChI is InChI=1S/C27H29ClN4O3/c1-17-8-6-7-13-27(17)25(34)32(26(35)31-27)16-24(33)30-15-20(18-9-2-4-11-22(18)28)21-14-29-23-12-5-3-10-19(21)23/h2-5,9-12,14,17,20,29H,6-8,13,15-16H2,1H3,(H,30,33)(H,31,35)/t17-,20-,27-/m1/s1. The van der Waals surface area contributed by atoms with Crippen LogP contribution in [-0.2, 0) is 9.59 Å². The minimum atomic E-state index is -0.875. The van der Waals surface area contributed by atoms with Crippen LogP contribution in [0.15, 0.2) is 54.7 Å². The fourth-order valence-corrected chi connectivity index (χ4v) is 5.85. The van der Waals surface area contributed by atoms with Gasteiger partial charge in [-0.2, -0.15) is 0 Å². The molecule has 2 aromatic carbocycles. The Bertz CT molecular complexity index is 1290. The molecule has 3 aromatic rings. The molecule has 35 heavy (non-hydrogen) atoms. The third kappa shape index (κ3) is 4.18. The second-order valence-corrected chi connectivity index (χ2v) is 10.0. The predicted octanol–water partition coefficient (Wildman–Crippen LogP) is 4.57. The van der Waals surface area contributed by atoms with Gasteiger partial charge in [-0.3, -0.25) is 14.5 Å². The highest BCUT2D eigenvalue weighted by Crippen LogP contribution is 2.38. The van der Waals surface area contributed by atoms with E-state index in [-0.39, 0.29) is 36.7 Å². The summed E-state index contributed by atoms with van der Waals surface area (Å²) in [6, 6.07) is 15.1. The minimum Gasteiger partial charge on any atom is -0.361 e. The zero-order valence-corrected chi connectivity index (χ0v) is 20.4. The maximum atomic E-state index is 13.2. The lowest BCUT2D eigenvalue weighted by molar-refractivity contribution is -0.137. The van der Waals surface area contributed by atoms with Crippen molar-refractivity contribution >= 4 is 40.3 Å². The first-order chi connectivity index (χ1) is 16.9. The molecule has 1 saturated heterocycles. The van der Waals surface area contributed by atoms with Crippen LogP contribution in [0.2, 0.25) is 5.02 Å². The Morgan fingerprint density at radius 3 is 2.71 bits per heavy atom. The van der Waals surface area contributed by atoms with Crippen molar-refractivity contribution in [3.05, 3.63) is 70.9 Å². The molecule has 1 aliphatic carbocycles. The molecule has 182 valence electrons. The van der Waals surface area contributed by atoms with Gasteiger partial charge in [0.25, 0.3) is 5.91 Å². The van der Waals surface area contributed by atoms with E-state index in [1.807, 2.05) is 61.7 Å². The van der Waals surface area contributed by atoms with Crippen molar-refractivity contribution in [2.75, 3.05) is 13.1 Å². The molecule has 3 atom stereocenters. The molecule has 3 N–H and O–H groups in total. The van der Waals surface area contributed by atoms with Crippen LogP contribution in [0.25, 0.3) is 10.9 Å². The number of H-pyrrole nitrogens is 1. The maximum absolute atomic E-state index is 13.2. The van der Waals surface area contributed by atoms with Gasteiger partial charge in [0.1, 0.15) is 12.1 Å². The Labute approximate surface area is 209 Å². The molecular formula is C27H29ClN4O3. The monoisotopic (exact) mass is 492 g/mol. The van der Waals surface area contributed by atoms with Crippen LogP contribution in [0, 0.1) is 5.92 Å². The summed E-state index contributed by atoms with van der Waals surface area (Å²) < 4.78 is 0. The number of carbonyl (C=O) groups is 3. The Morgan fingerprint density at radius 2 is 1.91 bits per heavy atom. The van der Waals surface area contributed by atoms with E-state index < -0.39 is 11.6 Å². The molecule has 1 spiro atoms. The van der Waals surface area contributed by atoms with Crippen molar-refractivity contribution in [2.24, 2.45) is 5.92 Å². The summed E-state index contributed by atoms with van der Waals surface area (Å²) in [5.41, 5.74) is 2.03. The Morgan fingerprint density at radius 1 is 1.14 bits per heavy atom. The molecule has 2 fully saturated rings. The number of carbonyl (C=O) groups excluding carboxylic acids is 3. The number of aromatic nitrogens is 1. The Balaban J connectivity index is 1.34. The number of hydrogen-bond donors (Lipinski definition) is 3. The van der Waals surface area contributed by atoms with Gasteiger partial charge in [0.05, 0.1) is 0 Å². The average molecular weight is 493 g/mol. The zero-order chi connectivity index (χ0) is 24.6. The number of rotatable bonds is 6. The summed E-state index contributed by atoms with van der Waals surface area (Å²) in [4.78, 5) is 43.2. The van der Waals surface area contributed by atoms with E-state index >= 15 is 0 Å². The van der Waals surface area contributed by atoms with Gasteiger partial charge in [-0.25, -0.2) is 4.79 Å². The normalized spacial score (nSPS) is 23.0. The number of hydrogen-bond acceptors (Lipinski definition) is 3. The number of urea groups is 1. The molecular weight excluding hydrogens is 464 g/mol. The minimum absolute atomic E-state index is 0.0484. The molecule has 2 aliphatic rings. The summed E-state index contributed by atoms with van der Waals surface area (Å²) in [5, 5.41) is 7.51. The molecule has 1 saturated carbocycles. The maximum Gasteiger partial charge on any atom is 0.325 e. The zero-order valence-electron chi connectivity index (χ0n) is 19.6. The lowest BCUT2D eigenvalue weighted by atomic mass is 9.73. The molecule has 1 aromatic heterocycles. The largest absolute Gasteiger partial charge is 0.361 e. The van der Waals surface area contributed by atoms with Crippen LogP contribution in [-0.4, -0.2) is 46.4 Å². The number of para-hydroxylation sites is 1. The van der Waals surface area contributed by atoms with Crippen LogP contribution in [0.3, 0.4) is 0 Å². The van der Waals surface area contributed by atoms with Gasteiger partial charge in [-0.05, 0) is 42.0 Å². The van der Waals surface area contributed by atoms with Crippen LogP contribution in [0.5, 0.6) is 0 Å². The summed E-state index contributed by atoms with van der Waals surface area (Å²) in [5.74, 6) is -0.834. The molecule has 0 bridgehead atoms. The molecule has 5 rings (SSSR count). The highest BCUT2D eigenvalue weighted by atomic mass is 35.5. The van der Waals surface area contributed by atoms with Crippen LogP contribution < -0.4 is 10.6 Å². The van der Waals surface area contributed by atoms with E-state index in [0.29, 0.717) is 11.4 Å². The van der Waals surface area contributed by atoms with E-state index in [9.17, 15) is 14.4 Å². The fourth-order valence-electron chi connectivity index (χ4n) is 5.58. The van der Waals surface area contributed by atoms with Crippen LogP contribution in [0.4, 0.5) is 4.79 Å². The topological polar surface area (TPSA) is 94.3 Å². The molecule has 7 nitrogen and oxygen atoms in total. The SMILES string of the molecule is C[C@@H]1CCCC[C@@]12NC(=O)N(CC(=O)NC[C@H](c1ccccc1Cl)c1c[nH]c3ccccc13)C2=O. The van der Waals surface area contributed by atoms with E-state index in [0.717, 1.165) is 46.2 Å². The van der Waals surface area contributed by atoms with Crippen molar-refractivity contribution < 1.29 is 14.4 Å². The number of halogens is 1. The van der Waals surface area contributed by atoms with Crippen molar-refractivity contribution in [3.63, 3.8) is 0 Å². The van der Waals surface area contributed by atoms with Gasteiger partial charge >= 0.3 is 6.03 Å². The van der Waals surface area contributed by atoms with E-state index in [1.54, 1.807) is 0 Å². The van der Waals surface area contributed by atoms with E-state index in [1.165, 1.54) is 0 Å². The molecule has 4 amide bonds. The first-order valence-electron chi connectivity index (χ1n) is 12.1. The predicted molar refractivity (Wildman–Crippen MR) is 135 cm³/mol. The fraction of sp³-hybridized carbons (Fsp3) is 0.370. The lowest BCUT2D eigenvalue weighted by Crippen LogP contribution is -2.54. The number of benzene rings is 2. The molecule has 0 radical (unpaired) electrons. The summed E-state index contributed by atoms with van der Waals surface area (Å²) in [6.45, 7) is 1.97. The van der Waals surface area contributed by atoms with Gasteiger partial charge in [-0.1, -0.05) is 67.8 Å². The molecule has 8 heteroatoms. The molecule has 1 aliphatic heterocycles. The van der Waals surface area contributed by atoms with Gasteiger partial charge in [0.2, 0.25) is 5.91 Å². The van der Waals surface area contributed by atoms with Gasteiger partial charge in [-0.15, -0.1) is 0 Å². The van der Waals surface area contributed by atoms with Crippen molar-refractivity contribution in [2.45, 2.75) is 44.1 Å². The molecule has 2 heterocycles. The second kappa shape index (κ2) is 9.38.